The molecule has 0 saturated heterocycles. The lowest BCUT2D eigenvalue weighted by molar-refractivity contribution is -0.111. The van der Waals surface area contributed by atoms with Gasteiger partial charge in [-0.1, -0.05) is 19.9 Å². The molecule has 2 aromatic carbocycles. The molecular formula is C23H27NO5. The molecule has 0 radical (unpaired) electrons. The standard InChI is InChI=1S/C23H27NO5/c1-5-28-20-12-6-17(14-21(20)27-4)7-13-22(25)24-19-10-8-18(9-11-19)23(26)29-15-16(2)3/h6-14,16H,5,15H2,1-4H3,(H,24,25). The van der Waals surface area contributed by atoms with Gasteiger partial charge in [0.25, 0.3) is 0 Å². The van der Waals surface area contributed by atoms with Gasteiger partial charge in [0.05, 0.1) is 25.9 Å². The number of methoxy groups -OCH3 is 1. The van der Waals surface area contributed by atoms with Gasteiger partial charge in [-0.25, -0.2) is 4.79 Å². The number of carbonyl (C=O) groups excluding carboxylic acids is 2. The largest absolute Gasteiger partial charge is 0.493 e. The van der Waals surface area contributed by atoms with E-state index >= 15 is 0 Å². The van der Waals surface area contributed by atoms with Crippen LogP contribution in [0.25, 0.3) is 6.08 Å². The van der Waals surface area contributed by atoms with Crippen molar-refractivity contribution in [2.75, 3.05) is 25.6 Å². The fraction of sp³-hybridized carbons (Fsp3) is 0.304. The van der Waals surface area contributed by atoms with Gasteiger partial charge in [0.1, 0.15) is 0 Å². The highest BCUT2D eigenvalue weighted by atomic mass is 16.5. The first kappa shape index (κ1) is 22.0. The summed E-state index contributed by atoms with van der Waals surface area (Å²) in [7, 11) is 1.57. The van der Waals surface area contributed by atoms with Crippen molar-refractivity contribution in [3.05, 3.63) is 59.7 Å². The van der Waals surface area contributed by atoms with Crippen LogP contribution in [0, 0.1) is 5.92 Å². The third-order valence-corrected chi connectivity index (χ3v) is 3.85. The Morgan fingerprint density at radius 1 is 1.07 bits per heavy atom. The van der Waals surface area contributed by atoms with Gasteiger partial charge in [0.2, 0.25) is 5.91 Å². The second-order valence-electron chi connectivity index (χ2n) is 6.74. The molecule has 0 heterocycles. The van der Waals surface area contributed by atoms with Crippen molar-refractivity contribution in [2.45, 2.75) is 20.8 Å². The van der Waals surface area contributed by atoms with Crippen LogP contribution in [0.1, 0.15) is 36.7 Å². The summed E-state index contributed by atoms with van der Waals surface area (Å²) in [5, 5.41) is 2.76. The molecular weight excluding hydrogens is 370 g/mol. The molecule has 0 spiro atoms. The predicted octanol–water partition coefficient (Wildman–Crippen LogP) is 4.56. The first-order valence-electron chi connectivity index (χ1n) is 9.50. The van der Waals surface area contributed by atoms with Crippen LogP contribution in [0.5, 0.6) is 11.5 Å². The van der Waals surface area contributed by atoms with Crippen LogP contribution in [0.2, 0.25) is 0 Å². The maximum Gasteiger partial charge on any atom is 0.338 e. The molecule has 0 aliphatic heterocycles. The number of carbonyl (C=O) groups is 2. The molecule has 0 aliphatic rings. The molecule has 2 rings (SSSR count). The predicted molar refractivity (Wildman–Crippen MR) is 113 cm³/mol. The number of ether oxygens (including phenoxy) is 3. The van der Waals surface area contributed by atoms with Crippen LogP contribution in [-0.2, 0) is 9.53 Å². The minimum Gasteiger partial charge on any atom is -0.493 e. The van der Waals surface area contributed by atoms with Crippen molar-refractivity contribution in [3.8, 4) is 11.5 Å². The van der Waals surface area contributed by atoms with Crippen LogP contribution in [0.4, 0.5) is 5.69 Å². The van der Waals surface area contributed by atoms with Crippen molar-refractivity contribution in [3.63, 3.8) is 0 Å². The monoisotopic (exact) mass is 397 g/mol. The summed E-state index contributed by atoms with van der Waals surface area (Å²) in [6, 6.07) is 12.0. The quantitative estimate of drug-likeness (QED) is 0.496. The van der Waals surface area contributed by atoms with Crippen LogP contribution >= 0.6 is 0 Å². The van der Waals surface area contributed by atoms with E-state index in [1.165, 1.54) is 6.08 Å². The second-order valence-corrected chi connectivity index (χ2v) is 6.74. The molecule has 2 aromatic rings. The number of amides is 1. The zero-order valence-electron chi connectivity index (χ0n) is 17.2. The molecule has 6 nitrogen and oxygen atoms in total. The average Bonchev–Trinajstić information content (AvgIpc) is 2.72. The van der Waals surface area contributed by atoms with Gasteiger partial charge in [-0.15, -0.1) is 0 Å². The smallest absolute Gasteiger partial charge is 0.338 e. The molecule has 0 aromatic heterocycles. The molecule has 0 bridgehead atoms. The molecule has 154 valence electrons. The molecule has 0 fully saturated rings. The lowest BCUT2D eigenvalue weighted by Crippen LogP contribution is -2.11. The number of nitrogens with one attached hydrogen (secondary N) is 1. The van der Waals surface area contributed by atoms with Crippen LogP contribution in [0.15, 0.2) is 48.5 Å². The van der Waals surface area contributed by atoms with Gasteiger partial charge in [-0.05, 0) is 60.9 Å². The van der Waals surface area contributed by atoms with Gasteiger partial charge in [0.15, 0.2) is 11.5 Å². The summed E-state index contributed by atoms with van der Waals surface area (Å²) in [4.78, 5) is 24.1. The van der Waals surface area contributed by atoms with E-state index in [0.717, 1.165) is 5.56 Å². The fourth-order valence-corrected chi connectivity index (χ4v) is 2.43. The molecule has 29 heavy (non-hydrogen) atoms. The molecule has 0 atom stereocenters. The SMILES string of the molecule is CCOc1ccc(C=CC(=O)Nc2ccc(C(=O)OCC(C)C)cc2)cc1OC. The Morgan fingerprint density at radius 2 is 1.79 bits per heavy atom. The van der Waals surface area contributed by atoms with Crippen molar-refractivity contribution in [2.24, 2.45) is 5.92 Å². The van der Waals surface area contributed by atoms with Gasteiger partial charge < -0.3 is 19.5 Å². The van der Waals surface area contributed by atoms with Crippen molar-refractivity contribution < 1.29 is 23.8 Å². The summed E-state index contributed by atoms with van der Waals surface area (Å²) in [5.74, 6) is 0.881. The van der Waals surface area contributed by atoms with E-state index < -0.39 is 0 Å². The van der Waals surface area contributed by atoms with Crippen molar-refractivity contribution >= 4 is 23.6 Å². The highest BCUT2D eigenvalue weighted by Gasteiger charge is 2.08. The van der Waals surface area contributed by atoms with Gasteiger partial charge >= 0.3 is 5.97 Å². The van der Waals surface area contributed by atoms with Gasteiger partial charge in [0, 0.05) is 11.8 Å². The Labute approximate surface area is 171 Å². The summed E-state index contributed by atoms with van der Waals surface area (Å²) in [6.07, 6.45) is 3.12. The molecule has 0 unspecified atom stereocenters. The molecule has 6 heteroatoms. The van der Waals surface area contributed by atoms with Gasteiger partial charge in [-0.3, -0.25) is 4.79 Å². The number of hydrogen-bond acceptors (Lipinski definition) is 5. The first-order valence-corrected chi connectivity index (χ1v) is 9.50. The van der Waals surface area contributed by atoms with Crippen LogP contribution in [-0.4, -0.2) is 32.2 Å². The Kier molecular flexibility index (Phi) is 8.27. The average molecular weight is 397 g/mol. The number of benzene rings is 2. The zero-order valence-corrected chi connectivity index (χ0v) is 17.2. The van der Waals surface area contributed by atoms with E-state index in [1.54, 1.807) is 49.6 Å². The summed E-state index contributed by atoms with van der Waals surface area (Å²) < 4.78 is 16.0. The van der Waals surface area contributed by atoms with Crippen LogP contribution < -0.4 is 14.8 Å². The minimum absolute atomic E-state index is 0.277. The van der Waals surface area contributed by atoms with E-state index in [9.17, 15) is 9.59 Å². The molecule has 1 N–H and O–H groups in total. The highest BCUT2D eigenvalue weighted by Crippen LogP contribution is 2.28. The van der Waals surface area contributed by atoms with E-state index in [4.69, 9.17) is 14.2 Å². The summed E-state index contributed by atoms with van der Waals surface area (Å²) >= 11 is 0. The second kappa shape index (κ2) is 10.9. The van der Waals surface area contributed by atoms with Crippen molar-refractivity contribution in [1.29, 1.82) is 0 Å². The summed E-state index contributed by atoms with van der Waals surface area (Å²) in [5.41, 5.74) is 1.84. The molecule has 1 amide bonds. The number of anilines is 1. The maximum absolute atomic E-state index is 12.2. The van der Waals surface area contributed by atoms with E-state index in [2.05, 4.69) is 5.32 Å². The number of hydrogen-bond donors (Lipinski definition) is 1. The third kappa shape index (κ3) is 6.99. The van der Waals surface area contributed by atoms with Crippen LogP contribution in [0.3, 0.4) is 0 Å². The Bertz CT molecular complexity index is 856. The topological polar surface area (TPSA) is 73.9 Å². The molecule has 0 saturated carbocycles. The van der Waals surface area contributed by atoms with Crippen molar-refractivity contribution in [1.82, 2.24) is 0 Å². The lowest BCUT2D eigenvalue weighted by Gasteiger charge is -2.09. The Morgan fingerprint density at radius 3 is 2.41 bits per heavy atom. The molecule has 0 aliphatic carbocycles. The van der Waals surface area contributed by atoms with E-state index in [-0.39, 0.29) is 17.8 Å². The Hall–Kier alpha value is -3.28. The highest BCUT2D eigenvalue weighted by molar-refractivity contribution is 6.02. The fourth-order valence-electron chi connectivity index (χ4n) is 2.43. The Balaban J connectivity index is 1.95. The van der Waals surface area contributed by atoms with E-state index in [1.807, 2.05) is 26.8 Å². The minimum atomic E-state index is -0.374. The third-order valence-electron chi connectivity index (χ3n) is 3.85. The maximum atomic E-state index is 12.2. The summed E-state index contributed by atoms with van der Waals surface area (Å²) in [6.45, 7) is 6.77. The number of esters is 1. The normalized spacial score (nSPS) is 10.8. The van der Waals surface area contributed by atoms with E-state index in [0.29, 0.717) is 36.0 Å². The lowest BCUT2D eigenvalue weighted by atomic mass is 10.2. The zero-order chi connectivity index (χ0) is 21.2. The first-order chi connectivity index (χ1) is 13.9. The number of rotatable bonds is 9. The van der Waals surface area contributed by atoms with Gasteiger partial charge in [-0.2, -0.15) is 0 Å².